The average Bonchev–Trinajstić information content (AvgIpc) is 1.41. The molecule has 0 bridgehead atoms. The van der Waals surface area contributed by atoms with Crippen LogP contribution in [0.15, 0.2) is 30.3 Å². The van der Waals surface area contributed by atoms with Gasteiger partial charge in [0.05, 0.1) is 0 Å². The lowest BCUT2D eigenvalue weighted by Gasteiger charge is -2.32. The van der Waals surface area contributed by atoms with Gasteiger partial charge >= 0.3 is 5.97 Å². The predicted molar refractivity (Wildman–Crippen MR) is 322 cm³/mol. The van der Waals surface area contributed by atoms with E-state index in [-0.39, 0.29) is 22.2 Å². The molecule has 0 N–H and O–H groups in total. The van der Waals surface area contributed by atoms with Crippen LogP contribution in [0.3, 0.4) is 0 Å². The normalized spacial score (nSPS) is 23.4. The molecule has 29 aromatic carbocycles. The summed E-state index contributed by atoms with van der Waals surface area (Å²) in [7, 11) is 0. The molecule has 0 aliphatic heterocycles. The summed E-state index contributed by atoms with van der Waals surface area (Å²) in [5.74, 6) is -0.0589. The molecular formula is C75H20O2. The molecule has 2 heteroatoms. The van der Waals surface area contributed by atoms with E-state index in [0.29, 0.717) is 6.42 Å². The highest BCUT2D eigenvalue weighted by Gasteiger charge is 2.94. The van der Waals surface area contributed by atoms with Crippen LogP contribution in [0.4, 0.5) is 0 Å². The van der Waals surface area contributed by atoms with Crippen molar-refractivity contribution in [3.63, 3.8) is 0 Å². The molecule has 2 nitrogen and oxygen atoms in total. The third-order valence-electron chi connectivity index (χ3n) is 27.1. The van der Waals surface area contributed by atoms with E-state index in [1.165, 1.54) is 5.56 Å². The number of hydrogen-bond acceptors (Lipinski definition) is 2. The highest BCUT2D eigenvalue weighted by atomic mass is 16.6. The maximum absolute atomic E-state index is 14.3. The van der Waals surface area contributed by atoms with E-state index in [0.717, 1.165) is 12.8 Å². The molecular weight excluding hydrogens is 933 g/mol. The van der Waals surface area contributed by atoms with E-state index >= 15 is 0 Å². The zero-order valence-electron chi connectivity index (χ0n) is 40.8. The second kappa shape index (κ2) is 7.05. The van der Waals surface area contributed by atoms with Crippen LogP contribution in [0, 0.1) is 0 Å². The van der Waals surface area contributed by atoms with E-state index in [1.54, 1.807) is 313 Å². The van der Waals surface area contributed by atoms with Gasteiger partial charge in [-0.15, -0.1) is 0 Å². The van der Waals surface area contributed by atoms with Crippen molar-refractivity contribution in [1.29, 1.82) is 0 Å². The molecule has 2 spiro atoms. The van der Waals surface area contributed by atoms with Crippen LogP contribution in [0.25, 0.3) is 291 Å². The summed E-state index contributed by atoms with van der Waals surface area (Å²) >= 11 is 0. The Bertz CT molecular complexity index is 7080. The van der Waals surface area contributed by atoms with Crippen LogP contribution < -0.4 is 0 Å². The number of hydrogen-bond donors (Lipinski definition) is 0. The first-order chi connectivity index (χ1) is 37.9. The maximum Gasteiger partial charge on any atom is 0.306 e. The monoisotopic (exact) mass is 952 g/mol. The molecule has 29 aromatic rings. The Kier molecular flexibility index (Phi) is 2.81. The molecule has 0 amide bonds. The molecule has 0 aromatic heterocycles. The molecule has 0 heterocycles. The Balaban J connectivity index is 1.05. The van der Waals surface area contributed by atoms with Crippen LogP contribution in [0.5, 0.6) is 0 Å². The third-order valence-corrected chi connectivity index (χ3v) is 27.1. The molecule has 0 radical (unpaired) electrons. The molecule has 5 aliphatic carbocycles. The van der Waals surface area contributed by atoms with Crippen LogP contribution in [-0.2, 0) is 25.8 Å². The van der Waals surface area contributed by atoms with Crippen molar-refractivity contribution >= 4 is 297 Å². The second-order valence-corrected chi connectivity index (χ2v) is 29.0. The van der Waals surface area contributed by atoms with Gasteiger partial charge in [0.1, 0.15) is 5.60 Å². The number of rotatable bonds is 5. The number of carbonyl (C=O) groups is 1. The van der Waals surface area contributed by atoms with E-state index in [1.807, 2.05) is 20.8 Å². The van der Waals surface area contributed by atoms with Crippen molar-refractivity contribution in [2.75, 3.05) is 0 Å². The van der Waals surface area contributed by atoms with Crippen molar-refractivity contribution in [3.8, 4) is 0 Å². The summed E-state index contributed by atoms with van der Waals surface area (Å²) in [5, 5.41) is 88.4. The van der Waals surface area contributed by atoms with Crippen molar-refractivity contribution < 1.29 is 9.53 Å². The van der Waals surface area contributed by atoms with E-state index in [4.69, 9.17) is 4.74 Å². The van der Waals surface area contributed by atoms with Gasteiger partial charge in [-0.1, -0.05) is 30.3 Å². The van der Waals surface area contributed by atoms with Crippen molar-refractivity contribution in [3.05, 3.63) is 58.1 Å². The molecule has 1 fully saturated rings. The number of benzene rings is 19. The molecule has 5 aliphatic rings. The SMILES string of the molecule is CC(C)(C)OC(=O)CCCC1(c2ccccc2)C23c4c5c6c7c8c9c(c%10c%11c2c2c4c4c%12c5c5c6c6c8c8c%13c9c9c%10c%10c%11c%11c2c2c4c4c%12c%12c5c5c6c8c6c8c%13c9c9c%10c%10c%11c2c2c4c4c%12c5c6c5c8c9c%10c2c45)C713. The smallest absolute Gasteiger partial charge is 0.306 e. The Morgan fingerprint density at radius 3 is 0.701 bits per heavy atom. The highest BCUT2D eigenvalue weighted by molar-refractivity contribution is 6.82. The molecule has 1 saturated carbocycles. The maximum atomic E-state index is 14.3. The van der Waals surface area contributed by atoms with E-state index in [2.05, 4.69) is 30.3 Å². The Morgan fingerprint density at radius 2 is 0.506 bits per heavy atom. The van der Waals surface area contributed by atoms with Gasteiger partial charge in [0.2, 0.25) is 0 Å². The minimum absolute atomic E-state index is 0.0589. The topological polar surface area (TPSA) is 26.3 Å². The Hall–Kier alpha value is -8.85. The largest absolute Gasteiger partial charge is 0.460 e. The summed E-state index contributed by atoms with van der Waals surface area (Å²) in [6.45, 7) is 6.11. The van der Waals surface area contributed by atoms with Crippen LogP contribution >= 0.6 is 0 Å². The lowest BCUT2D eigenvalue weighted by molar-refractivity contribution is -0.154. The van der Waals surface area contributed by atoms with Gasteiger partial charge < -0.3 is 4.74 Å². The number of esters is 1. The zero-order chi connectivity index (χ0) is 47.0. The van der Waals surface area contributed by atoms with Gasteiger partial charge in [0, 0.05) is 22.7 Å². The lowest BCUT2D eigenvalue weighted by Crippen LogP contribution is -2.27. The first kappa shape index (κ1) is 30.6. The number of ether oxygens (including phenoxy) is 1. The van der Waals surface area contributed by atoms with Crippen LogP contribution in [-0.4, -0.2) is 11.6 Å². The Morgan fingerprint density at radius 1 is 0.312 bits per heavy atom. The molecule has 34 rings (SSSR count). The van der Waals surface area contributed by atoms with Gasteiger partial charge in [-0.05, 0) is 352 Å². The van der Waals surface area contributed by atoms with Gasteiger partial charge in [-0.25, -0.2) is 0 Å². The molecule has 77 heavy (non-hydrogen) atoms. The molecule has 0 unspecified atom stereocenters. The van der Waals surface area contributed by atoms with Gasteiger partial charge in [-0.3, -0.25) is 4.79 Å². The van der Waals surface area contributed by atoms with Gasteiger partial charge in [0.15, 0.2) is 0 Å². The number of carbonyl (C=O) groups excluding carboxylic acids is 1. The average molecular weight is 953 g/mol. The summed E-state index contributed by atoms with van der Waals surface area (Å²) in [4.78, 5) is 14.3. The summed E-state index contributed by atoms with van der Waals surface area (Å²) in [6.07, 6.45) is 2.14. The highest BCUT2D eigenvalue weighted by Crippen LogP contribution is 2.97. The quantitative estimate of drug-likeness (QED) is 0.127. The fourth-order valence-corrected chi connectivity index (χ4v) is 27.3. The summed E-state index contributed by atoms with van der Waals surface area (Å²) in [5.41, 5.74) is 6.75. The fraction of sp³-hybridized carbons (Fsp3) is 0.133. The van der Waals surface area contributed by atoms with E-state index < -0.39 is 5.60 Å². The van der Waals surface area contributed by atoms with Crippen LogP contribution in [0.2, 0.25) is 0 Å². The summed E-state index contributed by atoms with van der Waals surface area (Å²) in [6, 6.07) is 12.2. The van der Waals surface area contributed by atoms with Crippen molar-refractivity contribution in [2.24, 2.45) is 0 Å². The Labute approximate surface area is 424 Å². The third kappa shape index (κ3) is 1.73. The predicted octanol–water partition coefficient (Wildman–Crippen LogP) is 19.8. The van der Waals surface area contributed by atoms with Crippen molar-refractivity contribution in [2.45, 2.75) is 61.9 Å². The van der Waals surface area contributed by atoms with Gasteiger partial charge in [-0.2, -0.15) is 0 Å². The first-order valence-corrected chi connectivity index (χ1v) is 29.0. The molecule has 0 atom stereocenters. The minimum atomic E-state index is -0.530. The summed E-state index contributed by atoms with van der Waals surface area (Å²) < 4.78 is 6.25. The van der Waals surface area contributed by atoms with Crippen LogP contribution in [0.1, 0.15) is 67.9 Å². The first-order valence-electron chi connectivity index (χ1n) is 29.0. The van der Waals surface area contributed by atoms with Crippen molar-refractivity contribution in [1.82, 2.24) is 0 Å². The standard InChI is InChI=1S/C75H20O2/c1-72(2,3)77-13(76)10-7-11-73(12-8-5-4-6-9-12)74-68-60-52-42-32-24-16-14-15-18-22-20(16)28-36-30(22)40-34-26(18)27-19(15)23-21-17(14)25(24)33-39-29(21)37-31(23)41-35(27)45-44(34)54-48(40)58-50(36)56(46(52)38(28)32)64(68)66(58)70-62(54)63-55(45)49(41)59-51(37)57-47(39)53(43(33)42)61(60)69(74)65(57)67(59)71(63)75(70,73)74/h4-6,8-9H,7,10-11H2,1-3H3. The van der Waals surface area contributed by atoms with E-state index in [9.17, 15) is 4.79 Å². The minimum Gasteiger partial charge on any atom is -0.460 e. The zero-order valence-corrected chi connectivity index (χ0v) is 40.8. The second-order valence-electron chi connectivity index (χ2n) is 29.0. The fourth-order valence-electron chi connectivity index (χ4n) is 27.3. The molecule has 0 saturated heterocycles. The van der Waals surface area contributed by atoms with Gasteiger partial charge in [0.25, 0.3) is 0 Å². The lowest BCUT2D eigenvalue weighted by atomic mass is 9.68. The molecule has 332 valence electrons.